The van der Waals surface area contributed by atoms with Gasteiger partial charge in [0.15, 0.2) is 5.69 Å². The topological polar surface area (TPSA) is 115 Å². The van der Waals surface area contributed by atoms with Gasteiger partial charge in [0, 0.05) is 0 Å². The average Bonchev–Trinajstić information content (AvgIpc) is 2.41. The van der Waals surface area contributed by atoms with E-state index in [4.69, 9.17) is 9.84 Å². The third-order valence-electron chi connectivity index (χ3n) is 2.16. The molecule has 0 aliphatic heterocycles. The van der Waals surface area contributed by atoms with Crippen LogP contribution >= 0.6 is 0 Å². The van der Waals surface area contributed by atoms with E-state index >= 15 is 0 Å². The first-order valence-electron chi connectivity index (χ1n) is 5.14. The zero-order valence-electron chi connectivity index (χ0n) is 9.69. The van der Waals surface area contributed by atoms with Crippen molar-refractivity contribution in [2.45, 2.75) is 0 Å². The van der Waals surface area contributed by atoms with E-state index in [9.17, 15) is 19.3 Å². The fraction of sp³-hybridized carbons (Fsp3) is 0. The highest BCUT2D eigenvalue weighted by Crippen LogP contribution is 2.30. The molecule has 1 aromatic heterocycles. The van der Waals surface area contributed by atoms with Gasteiger partial charge in [-0.05, 0) is 12.1 Å². The molecule has 2 rings (SSSR count). The van der Waals surface area contributed by atoms with Gasteiger partial charge in [-0.25, -0.2) is 14.2 Å². The van der Waals surface area contributed by atoms with Crippen LogP contribution in [0.25, 0.3) is 0 Å². The summed E-state index contributed by atoms with van der Waals surface area (Å²) in [6, 6.07) is 2.70. The number of hydrogen-bond donors (Lipinski definition) is 1. The van der Waals surface area contributed by atoms with Gasteiger partial charge in [0.25, 0.3) is 0 Å². The molecule has 1 heterocycles. The molecule has 8 nitrogen and oxygen atoms in total. The molecule has 0 aliphatic rings. The predicted octanol–water partition coefficient (Wildman–Crippen LogP) is 2.01. The minimum atomic E-state index is -1.32. The summed E-state index contributed by atoms with van der Waals surface area (Å²) in [5.41, 5.74) is -0.986. The second-order valence-corrected chi connectivity index (χ2v) is 3.52. The van der Waals surface area contributed by atoms with Crippen LogP contribution in [0.15, 0.2) is 30.6 Å². The quantitative estimate of drug-likeness (QED) is 0.672. The lowest BCUT2D eigenvalue weighted by molar-refractivity contribution is -0.385. The third-order valence-corrected chi connectivity index (χ3v) is 2.16. The van der Waals surface area contributed by atoms with E-state index in [2.05, 4.69) is 9.97 Å². The lowest BCUT2D eigenvalue weighted by Crippen LogP contribution is -2.03. The fourth-order valence-electron chi connectivity index (χ4n) is 1.33. The molecule has 0 unspecified atom stereocenters. The van der Waals surface area contributed by atoms with Gasteiger partial charge >= 0.3 is 11.7 Å². The molecule has 0 saturated heterocycles. The summed E-state index contributed by atoms with van der Waals surface area (Å²) in [5.74, 6) is -2.64. The second kappa shape index (κ2) is 5.26. The van der Waals surface area contributed by atoms with Gasteiger partial charge in [-0.15, -0.1) is 0 Å². The number of nitro benzene ring substituents is 1. The predicted molar refractivity (Wildman–Crippen MR) is 62.1 cm³/mol. The van der Waals surface area contributed by atoms with E-state index in [1.807, 2.05) is 0 Å². The molecule has 102 valence electrons. The average molecular weight is 279 g/mol. The molecule has 0 fully saturated rings. The molecule has 0 spiro atoms. The van der Waals surface area contributed by atoms with E-state index < -0.39 is 22.4 Å². The van der Waals surface area contributed by atoms with Crippen molar-refractivity contribution in [3.8, 4) is 11.6 Å². The maximum absolute atomic E-state index is 13.0. The maximum atomic E-state index is 13.0. The number of halogens is 1. The highest BCUT2D eigenvalue weighted by molar-refractivity contribution is 5.84. The van der Waals surface area contributed by atoms with Crippen molar-refractivity contribution in [2.24, 2.45) is 0 Å². The minimum Gasteiger partial charge on any atom is -0.476 e. The molecular weight excluding hydrogens is 273 g/mol. The molecule has 1 N–H and O–H groups in total. The molecular formula is C11H6FN3O5. The van der Waals surface area contributed by atoms with Crippen LogP contribution in [0.5, 0.6) is 11.6 Å². The second-order valence-electron chi connectivity index (χ2n) is 3.52. The standard InChI is InChI=1S/C11H6FN3O5/c12-6-1-2-9(8(3-6)15(18)19)20-10-5-13-4-7(14-10)11(16)17/h1-5H,(H,16,17). The van der Waals surface area contributed by atoms with Crippen molar-refractivity contribution in [3.05, 3.63) is 52.2 Å². The summed E-state index contributed by atoms with van der Waals surface area (Å²) in [6.45, 7) is 0. The lowest BCUT2D eigenvalue weighted by Gasteiger charge is -2.05. The van der Waals surface area contributed by atoms with Crippen LogP contribution in [0.2, 0.25) is 0 Å². The summed E-state index contributed by atoms with van der Waals surface area (Å²) >= 11 is 0. The number of carboxylic acid groups (broad SMARTS) is 1. The molecule has 20 heavy (non-hydrogen) atoms. The summed E-state index contributed by atoms with van der Waals surface area (Å²) < 4.78 is 18.0. The first-order valence-corrected chi connectivity index (χ1v) is 5.14. The fourth-order valence-corrected chi connectivity index (χ4v) is 1.33. The SMILES string of the molecule is O=C(O)c1cncc(Oc2ccc(F)cc2[N+](=O)[O-])n1. The monoisotopic (exact) mass is 279 g/mol. The molecule has 0 bridgehead atoms. The molecule has 9 heteroatoms. The number of nitrogens with zero attached hydrogens (tertiary/aromatic N) is 3. The molecule has 0 radical (unpaired) electrons. The van der Waals surface area contributed by atoms with Gasteiger partial charge < -0.3 is 9.84 Å². The molecule has 1 aromatic carbocycles. The number of benzene rings is 1. The maximum Gasteiger partial charge on any atom is 0.356 e. The minimum absolute atomic E-state index is 0.250. The number of nitro groups is 1. The van der Waals surface area contributed by atoms with Crippen LogP contribution in [-0.2, 0) is 0 Å². The first kappa shape index (κ1) is 13.3. The Morgan fingerprint density at radius 3 is 2.80 bits per heavy atom. The number of carboxylic acids is 1. The van der Waals surface area contributed by atoms with Crippen molar-refractivity contribution >= 4 is 11.7 Å². The Balaban J connectivity index is 2.37. The van der Waals surface area contributed by atoms with Crippen molar-refractivity contribution in [1.29, 1.82) is 0 Å². The Morgan fingerprint density at radius 1 is 1.40 bits per heavy atom. The normalized spacial score (nSPS) is 10.1. The summed E-state index contributed by atoms with van der Waals surface area (Å²) in [6.07, 6.45) is 2.08. The van der Waals surface area contributed by atoms with Crippen molar-refractivity contribution in [1.82, 2.24) is 9.97 Å². The molecule has 0 amide bonds. The van der Waals surface area contributed by atoms with Gasteiger partial charge in [-0.2, -0.15) is 0 Å². The molecule has 2 aromatic rings. The number of rotatable bonds is 4. The smallest absolute Gasteiger partial charge is 0.356 e. The van der Waals surface area contributed by atoms with Gasteiger partial charge in [0.1, 0.15) is 5.82 Å². The Kier molecular flexibility index (Phi) is 3.51. The van der Waals surface area contributed by atoms with Crippen LogP contribution in [0.4, 0.5) is 10.1 Å². The van der Waals surface area contributed by atoms with Crippen molar-refractivity contribution in [2.75, 3.05) is 0 Å². The van der Waals surface area contributed by atoms with Crippen LogP contribution < -0.4 is 4.74 Å². The number of carbonyl (C=O) groups is 1. The third kappa shape index (κ3) is 2.83. The Bertz CT molecular complexity index is 692. The summed E-state index contributed by atoms with van der Waals surface area (Å²) in [5, 5.41) is 19.5. The number of aromatic nitrogens is 2. The Labute approximate surface area is 110 Å². The van der Waals surface area contributed by atoms with Gasteiger partial charge in [0.05, 0.1) is 23.4 Å². The zero-order valence-corrected chi connectivity index (χ0v) is 9.69. The highest BCUT2D eigenvalue weighted by atomic mass is 19.1. The van der Waals surface area contributed by atoms with Crippen molar-refractivity contribution in [3.63, 3.8) is 0 Å². The van der Waals surface area contributed by atoms with E-state index in [0.29, 0.717) is 6.07 Å². The van der Waals surface area contributed by atoms with Crippen LogP contribution in [-0.4, -0.2) is 26.0 Å². The van der Waals surface area contributed by atoms with E-state index in [0.717, 1.165) is 24.5 Å². The Morgan fingerprint density at radius 2 is 2.15 bits per heavy atom. The van der Waals surface area contributed by atoms with Crippen molar-refractivity contribution < 1.29 is 24.0 Å². The largest absolute Gasteiger partial charge is 0.476 e. The van der Waals surface area contributed by atoms with Gasteiger partial charge in [0.2, 0.25) is 11.6 Å². The molecule has 0 atom stereocenters. The number of aromatic carboxylic acids is 1. The van der Waals surface area contributed by atoms with Gasteiger partial charge in [-0.3, -0.25) is 15.1 Å². The van der Waals surface area contributed by atoms with Crippen LogP contribution in [0.1, 0.15) is 10.5 Å². The molecule has 0 aliphatic carbocycles. The lowest BCUT2D eigenvalue weighted by atomic mass is 10.3. The Hall–Kier alpha value is -3.10. The zero-order chi connectivity index (χ0) is 14.7. The van der Waals surface area contributed by atoms with Gasteiger partial charge in [-0.1, -0.05) is 0 Å². The van der Waals surface area contributed by atoms with E-state index in [-0.39, 0.29) is 17.3 Å². The van der Waals surface area contributed by atoms with E-state index in [1.54, 1.807) is 0 Å². The van der Waals surface area contributed by atoms with Crippen LogP contribution in [0.3, 0.4) is 0 Å². The summed E-state index contributed by atoms with van der Waals surface area (Å²) in [7, 11) is 0. The summed E-state index contributed by atoms with van der Waals surface area (Å²) in [4.78, 5) is 27.8. The molecule has 0 saturated carbocycles. The van der Waals surface area contributed by atoms with E-state index in [1.165, 1.54) is 0 Å². The first-order chi connectivity index (χ1) is 9.47. The van der Waals surface area contributed by atoms with Crippen LogP contribution in [0, 0.1) is 15.9 Å². The highest BCUT2D eigenvalue weighted by Gasteiger charge is 2.18. The number of hydrogen-bond acceptors (Lipinski definition) is 6. The number of ether oxygens (including phenoxy) is 1.